The summed E-state index contributed by atoms with van der Waals surface area (Å²) in [6.45, 7) is 0. The first-order chi connectivity index (χ1) is 33.7. The van der Waals surface area contributed by atoms with Gasteiger partial charge in [0.15, 0.2) is 11.6 Å². The number of nitrogens with zero attached hydrogens (tertiary/aromatic N) is 5. The van der Waals surface area contributed by atoms with Crippen LogP contribution in [-0.2, 0) is 0 Å². The topological polar surface area (TPSA) is 48.5 Å². The molecular weight excluding hydrogens is 827 g/mol. The number of rotatable bonds is 8. The van der Waals surface area contributed by atoms with Crippen molar-refractivity contribution in [2.24, 2.45) is 0 Å². The third kappa shape index (κ3) is 6.76. The van der Waals surface area contributed by atoms with Gasteiger partial charge in [0, 0.05) is 38.2 Å². The average Bonchev–Trinajstić information content (AvgIpc) is 3.92. The van der Waals surface area contributed by atoms with E-state index >= 15 is 0 Å². The first kappa shape index (κ1) is 39.2. The van der Waals surface area contributed by atoms with E-state index in [0.29, 0.717) is 17.6 Å². The summed E-state index contributed by atoms with van der Waals surface area (Å²) in [7, 11) is 0. The Morgan fingerprint density at radius 2 is 0.647 bits per heavy atom. The zero-order chi connectivity index (χ0) is 45.0. The monoisotopic (exact) mass is 867 g/mol. The molecule has 0 amide bonds. The molecule has 0 atom stereocenters. The second-order valence-electron chi connectivity index (χ2n) is 17.2. The van der Waals surface area contributed by atoms with Crippen molar-refractivity contribution in [1.29, 1.82) is 0 Å². The second-order valence-corrected chi connectivity index (χ2v) is 17.2. The molecule has 3 heterocycles. The molecule has 0 saturated carbocycles. The Morgan fingerprint density at radius 1 is 0.235 bits per heavy atom. The van der Waals surface area contributed by atoms with Crippen LogP contribution in [0.25, 0.3) is 123 Å². The fourth-order valence-corrected chi connectivity index (χ4v) is 9.97. The molecule has 13 rings (SSSR count). The van der Waals surface area contributed by atoms with Gasteiger partial charge in [-0.2, -0.15) is 9.97 Å². The van der Waals surface area contributed by atoms with Crippen LogP contribution in [0.5, 0.6) is 0 Å². The lowest BCUT2D eigenvalue weighted by atomic mass is 9.92. The van der Waals surface area contributed by atoms with Gasteiger partial charge in [-0.1, -0.05) is 194 Å². The molecule has 318 valence electrons. The zero-order valence-electron chi connectivity index (χ0n) is 36.9. The van der Waals surface area contributed by atoms with Crippen molar-refractivity contribution in [3.05, 3.63) is 249 Å². The lowest BCUT2D eigenvalue weighted by Gasteiger charge is -2.16. The van der Waals surface area contributed by atoms with Gasteiger partial charge in [-0.25, -0.2) is 4.98 Å². The minimum Gasteiger partial charge on any atom is -0.309 e. The molecule has 0 aliphatic heterocycles. The Hall–Kier alpha value is -9.19. The van der Waals surface area contributed by atoms with Crippen molar-refractivity contribution >= 4 is 43.6 Å². The van der Waals surface area contributed by atoms with E-state index in [1.807, 2.05) is 24.3 Å². The normalized spacial score (nSPS) is 11.5. The maximum absolute atomic E-state index is 5.34. The standard InChI is InChI=1S/C63H41N5/c1-5-20-42(21-6-1)46-28-19-29-47(36-46)62-64-61(45-26-11-4-12-27-45)65-63(66-62)68-58-35-18-15-32-53(58)55-40-59-54(41-60(55)68)52-31-14-17-34-57(52)67(59)56-33-16-13-30-51(56)50-38-48(43-22-7-2-8-23-43)37-49(39-50)44-24-9-3-10-25-44/h1-41H. The van der Waals surface area contributed by atoms with Gasteiger partial charge in [-0.15, -0.1) is 0 Å². The van der Waals surface area contributed by atoms with Crippen LogP contribution < -0.4 is 0 Å². The van der Waals surface area contributed by atoms with Crippen LogP contribution in [-0.4, -0.2) is 24.1 Å². The van der Waals surface area contributed by atoms with Gasteiger partial charge in [-0.05, 0) is 93.5 Å². The van der Waals surface area contributed by atoms with E-state index in [2.05, 4.69) is 234 Å². The molecule has 0 saturated heterocycles. The Kier molecular flexibility index (Phi) is 9.43. The first-order valence-electron chi connectivity index (χ1n) is 23.0. The number of hydrogen-bond donors (Lipinski definition) is 0. The molecule has 0 aliphatic rings. The fourth-order valence-electron chi connectivity index (χ4n) is 9.97. The Balaban J connectivity index is 1.05. The smallest absolute Gasteiger partial charge is 0.238 e. The van der Waals surface area contributed by atoms with E-state index in [1.54, 1.807) is 0 Å². The van der Waals surface area contributed by atoms with E-state index in [4.69, 9.17) is 15.0 Å². The lowest BCUT2D eigenvalue weighted by Crippen LogP contribution is -2.06. The molecule has 5 heteroatoms. The summed E-state index contributed by atoms with van der Waals surface area (Å²) in [5.74, 6) is 1.78. The molecule has 0 fully saturated rings. The van der Waals surface area contributed by atoms with Gasteiger partial charge >= 0.3 is 0 Å². The van der Waals surface area contributed by atoms with Crippen molar-refractivity contribution < 1.29 is 0 Å². The van der Waals surface area contributed by atoms with Gasteiger partial charge in [0.2, 0.25) is 5.95 Å². The van der Waals surface area contributed by atoms with Gasteiger partial charge in [-0.3, -0.25) is 4.57 Å². The summed E-state index contributed by atoms with van der Waals surface area (Å²) in [5.41, 5.74) is 16.5. The highest BCUT2D eigenvalue weighted by atomic mass is 15.2. The lowest BCUT2D eigenvalue weighted by molar-refractivity contribution is 0.954. The van der Waals surface area contributed by atoms with Gasteiger partial charge in [0.1, 0.15) is 0 Å². The molecule has 3 aromatic heterocycles. The zero-order valence-corrected chi connectivity index (χ0v) is 36.9. The molecule has 0 radical (unpaired) electrons. The summed E-state index contributed by atoms with van der Waals surface area (Å²) in [6, 6.07) is 88.4. The number of aromatic nitrogens is 5. The molecule has 0 bridgehead atoms. The summed E-state index contributed by atoms with van der Waals surface area (Å²) >= 11 is 0. The van der Waals surface area contributed by atoms with Crippen molar-refractivity contribution in [3.63, 3.8) is 0 Å². The fraction of sp³-hybridized carbons (Fsp3) is 0. The maximum Gasteiger partial charge on any atom is 0.238 e. The summed E-state index contributed by atoms with van der Waals surface area (Å²) in [6.07, 6.45) is 0. The van der Waals surface area contributed by atoms with E-state index in [1.165, 1.54) is 22.3 Å². The number of fused-ring (bicyclic) bond motifs is 6. The van der Waals surface area contributed by atoms with E-state index < -0.39 is 0 Å². The van der Waals surface area contributed by atoms with Crippen LogP contribution in [0, 0.1) is 0 Å². The average molecular weight is 868 g/mol. The molecule has 0 spiro atoms. The van der Waals surface area contributed by atoms with E-state index in [0.717, 1.165) is 82.7 Å². The van der Waals surface area contributed by atoms with Crippen LogP contribution in [0.2, 0.25) is 0 Å². The van der Waals surface area contributed by atoms with Gasteiger partial charge in [0.25, 0.3) is 0 Å². The molecular formula is C63H41N5. The number of hydrogen-bond acceptors (Lipinski definition) is 3. The highest BCUT2D eigenvalue weighted by molar-refractivity contribution is 6.19. The predicted molar refractivity (Wildman–Crippen MR) is 281 cm³/mol. The van der Waals surface area contributed by atoms with Crippen molar-refractivity contribution in [2.45, 2.75) is 0 Å². The first-order valence-corrected chi connectivity index (χ1v) is 23.0. The van der Waals surface area contributed by atoms with E-state index in [-0.39, 0.29) is 0 Å². The Bertz CT molecular complexity index is 3950. The van der Waals surface area contributed by atoms with Crippen LogP contribution in [0.4, 0.5) is 0 Å². The van der Waals surface area contributed by atoms with E-state index in [9.17, 15) is 0 Å². The van der Waals surface area contributed by atoms with Crippen molar-refractivity contribution in [3.8, 4) is 78.9 Å². The minimum atomic E-state index is 0.561. The minimum absolute atomic E-state index is 0.561. The highest BCUT2D eigenvalue weighted by Crippen LogP contribution is 2.42. The SMILES string of the molecule is c1ccc(-c2cccc(-c3nc(-c4ccccc4)nc(-n4c5ccccc5c5cc6c(cc54)c4ccccc4n6-c4ccccc4-c4cc(-c5ccccc5)cc(-c5ccccc5)c4)n3)c2)cc1. The van der Waals surface area contributed by atoms with Crippen molar-refractivity contribution in [2.75, 3.05) is 0 Å². The van der Waals surface area contributed by atoms with Crippen LogP contribution in [0.3, 0.4) is 0 Å². The number of benzene rings is 10. The molecule has 10 aromatic carbocycles. The summed E-state index contributed by atoms with van der Waals surface area (Å²) in [4.78, 5) is 15.8. The summed E-state index contributed by atoms with van der Waals surface area (Å²) in [5, 5.41) is 4.54. The van der Waals surface area contributed by atoms with Crippen LogP contribution in [0.15, 0.2) is 249 Å². The van der Waals surface area contributed by atoms with Gasteiger partial charge in [0.05, 0.1) is 27.8 Å². The molecule has 68 heavy (non-hydrogen) atoms. The van der Waals surface area contributed by atoms with Crippen LogP contribution >= 0.6 is 0 Å². The Morgan fingerprint density at radius 3 is 1.25 bits per heavy atom. The van der Waals surface area contributed by atoms with Gasteiger partial charge < -0.3 is 4.57 Å². The maximum atomic E-state index is 5.34. The molecule has 5 nitrogen and oxygen atoms in total. The summed E-state index contributed by atoms with van der Waals surface area (Å²) < 4.78 is 4.68. The number of para-hydroxylation sites is 3. The molecule has 0 aliphatic carbocycles. The van der Waals surface area contributed by atoms with Crippen molar-refractivity contribution in [1.82, 2.24) is 24.1 Å². The molecule has 13 aromatic rings. The van der Waals surface area contributed by atoms with Crippen LogP contribution in [0.1, 0.15) is 0 Å². The molecule has 0 unspecified atom stereocenters. The third-order valence-corrected chi connectivity index (χ3v) is 13.2. The second kappa shape index (κ2) is 16.4. The molecule has 0 N–H and O–H groups in total. The largest absolute Gasteiger partial charge is 0.309 e. The third-order valence-electron chi connectivity index (χ3n) is 13.2. The Labute approximate surface area is 393 Å². The highest BCUT2D eigenvalue weighted by Gasteiger charge is 2.22. The quantitative estimate of drug-likeness (QED) is 0.153. The predicted octanol–water partition coefficient (Wildman–Crippen LogP) is 16.1.